The van der Waals surface area contributed by atoms with E-state index in [9.17, 15) is 5.26 Å². The molecule has 21 heavy (non-hydrogen) atoms. The Bertz CT molecular complexity index is 560. The molecule has 2 unspecified atom stereocenters. The number of hydrogen-bond donors (Lipinski definition) is 0. The van der Waals surface area contributed by atoms with Gasteiger partial charge in [0.2, 0.25) is 0 Å². The Morgan fingerprint density at radius 1 is 1.14 bits per heavy atom. The fourth-order valence-corrected chi connectivity index (χ4v) is 2.90. The first-order valence-electron chi connectivity index (χ1n) is 7.14. The third-order valence-electron chi connectivity index (χ3n) is 3.85. The molecule has 1 aromatic heterocycles. The molecular weight excluding hydrogens is 258 g/mol. The topological polar surface area (TPSA) is 39.9 Å². The number of benzene rings is 1. The van der Waals surface area contributed by atoms with E-state index in [0.717, 1.165) is 17.8 Å². The van der Waals surface area contributed by atoms with Gasteiger partial charge < -0.3 is 4.90 Å². The van der Waals surface area contributed by atoms with Crippen LogP contribution in [0.4, 0.5) is 0 Å². The Morgan fingerprint density at radius 3 is 2.33 bits per heavy atom. The minimum Gasteiger partial charge on any atom is -0.309 e. The second-order valence-electron chi connectivity index (χ2n) is 5.66. The fraction of sp³-hybridized carbons (Fsp3) is 0.333. The largest absolute Gasteiger partial charge is 0.309 e. The molecule has 0 N–H and O–H groups in total. The van der Waals surface area contributed by atoms with Crippen molar-refractivity contribution in [1.29, 1.82) is 5.26 Å². The molecule has 2 atom stereocenters. The molecule has 0 aliphatic carbocycles. The lowest BCUT2D eigenvalue weighted by Crippen LogP contribution is -2.39. The summed E-state index contributed by atoms with van der Waals surface area (Å²) in [6.45, 7) is 2.93. The molecule has 1 heterocycles. The van der Waals surface area contributed by atoms with Crippen LogP contribution in [-0.4, -0.2) is 30.5 Å². The molecule has 0 saturated carbocycles. The maximum atomic E-state index is 10.1. The molecule has 0 aliphatic rings. The molecule has 2 rings (SSSR count). The van der Waals surface area contributed by atoms with E-state index < -0.39 is 5.41 Å². The highest BCUT2D eigenvalue weighted by atomic mass is 15.1. The van der Waals surface area contributed by atoms with Crippen LogP contribution >= 0.6 is 0 Å². The van der Waals surface area contributed by atoms with Crippen LogP contribution in [0.5, 0.6) is 0 Å². The lowest BCUT2D eigenvalue weighted by Gasteiger charge is -2.34. The molecule has 0 spiro atoms. The molecule has 0 bridgehead atoms. The van der Waals surface area contributed by atoms with Crippen molar-refractivity contribution >= 4 is 0 Å². The average molecular weight is 279 g/mol. The second-order valence-corrected chi connectivity index (χ2v) is 5.66. The van der Waals surface area contributed by atoms with E-state index in [4.69, 9.17) is 0 Å². The van der Waals surface area contributed by atoms with Crippen LogP contribution in [0, 0.1) is 17.2 Å². The van der Waals surface area contributed by atoms with Gasteiger partial charge in [-0.2, -0.15) is 5.26 Å². The molecule has 3 heteroatoms. The zero-order chi connectivity index (χ0) is 15.3. The van der Waals surface area contributed by atoms with Crippen LogP contribution in [0.15, 0.2) is 54.7 Å². The van der Waals surface area contributed by atoms with Crippen LogP contribution in [-0.2, 0) is 5.41 Å². The standard InChI is InChI=1S/C18H21N3/c1-15(13-21(2)3)18(14-19,16-9-5-4-6-10-16)17-11-7-8-12-20-17/h4-12,15H,13H2,1-3H3. The predicted octanol–water partition coefficient (Wildman–Crippen LogP) is 3.09. The third kappa shape index (κ3) is 2.96. The monoisotopic (exact) mass is 279 g/mol. The van der Waals surface area contributed by atoms with Crippen molar-refractivity contribution in [1.82, 2.24) is 9.88 Å². The molecule has 0 aliphatic heterocycles. The number of nitrogens with zero attached hydrogens (tertiary/aromatic N) is 3. The maximum Gasteiger partial charge on any atom is 0.128 e. The van der Waals surface area contributed by atoms with Crippen LogP contribution < -0.4 is 0 Å². The van der Waals surface area contributed by atoms with Crippen LogP contribution in [0.1, 0.15) is 18.2 Å². The lowest BCUT2D eigenvalue weighted by molar-refractivity contribution is 0.287. The molecule has 108 valence electrons. The average Bonchev–Trinajstić information content (AvgIpc) is 2.50. The third-order valence-corrected chi connectivity index (χ3v) is 3.85. The summed E-state index contributed by atoms with van der Waals surface area (Å²) in [5.41, 5.74) is 1.08. The molecule has 0 saturated heterocycles. The van der Waals surface area contributed by atoms with Crippen molar-refractivity contribution in [3.63, 3.8) is 0 Å². The highest BCUT2D eigenvalue weighted by Gasteiger charge is 2.41. The second kappa shape index (κ2) is 6.51. The van der Waals surface area contributed by atoms with Crippen molar-refractivity contribution in [2.24, 2.45) is 5.92 Å². The smallest absolute Gasteiger partial charge is 0.128 e. The summed E-state index contributed by atoms with van der Waals surface area (Å²) >= 11 is 0. The summed E-state index contributed by atoms with van der Waals surface area (Å²) in [5, 5.41) is 10.1. The Morgan fingerprint density at radius 2 is 1.81 bits per heavy atom. The number of aromatic nitrogens is 1. The van der Waals surface area contributed by atoms with Gasteiger partial charge in [0.1, 0.15) is 5.41 Å². The first-order valence-corrected chi connectivity index (χ1v) is 7.14. The van der Waals surface area contributed by atoms with Crippen molar-refractivity contribution in [2.75, 3.05) is 20.6 Å². The zero-order valence-electron chi connectivity index (χ0n) is 12.8. The highest BCUT2D eigenvalue weighted by molar-refractivity contribution is 5.44. The van der Waals surface area contributed by atoms with Gasteiger partial charge in [0.05, 0.1) is 11.8 Å². The number of pyridine rings is 1. The van der Waals surface area contributed by atoms with E-state index in [1.807, 2.05) is 62.6 Å². The first-order chi connectivity index (χ1) is 10.1. The number of nitriles is 1. The minimum atomic E-state index is -0.729. The van der Waals surface area contributed by atoms with Gasteiger partial charge in [-0.1, -0.05) is 43.3 Å². The lowest BCUT2D eigenvalue weighted by atomic mass is 9.69. The van der Waals surface area contributed by atoms with Gasteiger partial charge in [-0.3, -0.25) is 4.98 Å². The molecule has 0 amide bonds. The quantitative estimate of drug-likeness (QED) is 0.844. The summed E-state index contributed by atoms with van der Waals surface area (Å²) in [5.74, 6) is 0.120. The summed E-state index contributed by atoms with van der Waals surface area (Å²) in [6, 6.07) is 18.3. The Balaban J connectivity index is 2.61. The molecule has 0 radical (unpaired) electrons. The van der Waals surface area contributed by atoms with E-state index in [1.165, 1.54) is 0 Å². The van der Waals surface area contributed by atoms with E-state index in [-0.39, 0.29) is 5.92 Å². The summed E-state index contributed by atoms with van der Waals surface area (Å²) in [6.07, 6.45) is 1.76. The molecule has 2 aromatic rings. The van der Waals surface area contributed by atoms with E-state index in [0.29, 0.717) is 0 Å². The van der Waals surface area contributed by atoms with Crippen LogP contribution in [0.25, 0.3) is 0 Å². The summed E-state index contributed by atoms with van der Waals surface area (Å²) in [7, 11) is 4.06. The number of rotatable bonds is 5. The van der Waals surface area contributed by atoms with Crippen molar-refractivity contribution in [2.45, 2.75) is 12.3 Å². The Kier molecular flexibility index (Phi) is 4.72. The van der Waals surface area contributed by atoms with Crippen molar-refractivity contribution in [3.05, 3.63) is 66.0 Å². The van der Waals surface area contributed by atoms with Gasteiger partial charge in [-0.15, -0.1) is 0 Å². The first kappa shape index (κ1) is 15.2. The maximum absolute atomic E-state index is 10.1. The zero-order valence-corrected chi connectivity index (χ0v) is 12.8. The fourth-order valence-electron chi connectivity index (χ4n) is 2.90. The molecule has 0 fully saturated rings. The Hall–Kier alpha value is -2.18. The van der Waals surface area contributed by atoms with Crippen molar-refractivity contribution < 1.29 is 0 Å². The van der Waals surface area contributed by atoms with E-state index >= 15 is 0 Å². The minimum absolute atomic E-state index is 0.120. The Labute approximate surface area is 126 Å². The molecular formula is C18H21N3. The van der Waals surface area contributed by atoms with E-state index in [1.54, 1.807) is 6.20 Å². The van der Waals surface area contributed by atoms with Gasteiger partial charge in [0.25, 0.3) is 0 Å². The van der Waals surface area contributed by atoms with Crippen LogP contribution in [0.2, 0.25) is 0 Å². The number of hydrogen-bond acceptors (Lipinski definition) is 3. The SMILES string of the molecule is CC(CN(C)C)C(C#N)(c1ccccc1)c1ccccn1. The molecule has 1 aromatic carbocycles. The van der Waals surface area contributed by atoms with Gasteiger partial charge in [-0.05, 0) is 37.7 Å². The normalized spacial score (nSPS) is 15.2. The summed E-state index contributed by atoms with van der Waals surface area (Å²) in [4.78, 5) is 6.60. The van der Waals surface area contributed by atoms with Crippen molar-refractivity contribution in [3.8, 4) is 6.07 Å². The van der Waals surface area contributed by atoms with Gasteiger partial charge >= 0.3 is 0 Å². The highest BCUT2D eigenvalue weighted by Crippen LogP contribution is 2.38. The van der Waals surface area contributed by atoms with Gasteiger partial charge in [0.15, 0.2) is 0 Å². The van der Waals surface area contributed by atoms with E-state index in [2.05, 4.69) is 22.9 Å². The summed E-state index contributed by atoms with van der Waals surface area (Å²) < 4.78 is 0. The van der Waals surface area contributed by atoms with Crippen LogP contribution in [0.3, 0.4) is 0 Å². The van der Waals surface area contributed by atoms with Gasteiger partial charge in [0, 0.05) is 12.7 Å². The predicted molar refractivity (Wildman–Crippen MR) is 84.8 cm³/mol. The molecule has 3 nitrogen and oxygen atoms in total. The van der Waals surface area contributed by atoms with Gasteiger partial charge in [-0.25, -0.2) is 0 Å².